The van der Waals surface area contributed by atoms with Crippen LogP contribution in [0.5, 0.6) is 0 Å². The standard InChI is InChI=1S/C18H33ClO/c1-9-18(8,12-10-11-16(3,4)5)17(6,7)13-14(2)15(19)20/h10,12,14H,9,11,13H2,1-8H3/b12-10-. The van der Waals surface area contributed by atoms with Crippen LogP contribution in [0, 0.1) is 22.2 Å². The zero-order valence-electron chi connectivity index (χ0n) is 14.6. The topological polar surface area (TPSA) is 17.1 Å². The van der Waals surface area contributed by atoms with E-state index in [1.54, 1.807) is 0 Å². The lowest BCUT2D eigenvalue weighted by Gasteiger charge is -2.43. The Morgan fingerprint density at radius 1 is 1.15 bits per heavy atom. The first-order valence-electron chi connectivity index (χ1n) is 7.72. The molecule has 118 valence electrons. The fraction of sp³-hybridized carbons (Fsp3) is 0.833. The van der Waals surface area contributed by atoms with Crippen LogP contribution in [0.1, 0.15) is 74.7 Å². The number of rotatable bonds is 7. The van der Waals surface area contributed by atoms with Gasteiger partial charge in [-0.2, -0.15) is 0 Å². The molecule has 0 fully saturated rings. The normalized spacial score (nSPS) is 18.1. The Balaban J connectivity index is 5.05. The average molecular weight is 301 g/mol. The molecule has 0 amide bonds. The lowest BCUT2D eigenvalue weighted by Crippen LogP contribution is -2.35. The minimum Gasteiger partial charge on any atom is -0.281 e. The van der Waals surface area contributed by atoms with Gasteiger partial charge in [-0.25, -0.2) is 0 Å². The van der Waals surface area contributed by atoms with Crippen LogP contribution in [-0.4, -0.2) is 5.24 Å². The van der Waals surface area contributed by atoms with E-state index in [-0.39, 0.29) is 22.0 Å². The minimum atomic E-state index is -0.227. The van der Waals surface area contributed by atoms with Crippen molar-refractivity contribution in [3.8, 4) is 0 Å². The quantitative estimate of drug-likeness (QED) is 0.403. The van der Waals surface area contributed by atoms with Crippen molar-refractivity contribution >= 4 is 16.8 Å². The number of carbonyl (C=O) groups excluding carboxylic acids is 1. The first-order chi connectivity index (χ1) is 8.84. The molecule has 0 bridgehead atoms. The van der Waals surface area contributed by atoms with Crippen molar-refractivity contribution in [1.29, 1.82) is 0 Å². The molecule has 0 saturated carbocycles. The van der Waals surface area contributed by atoms with E-state index >= 15 is 0 Å². The number of hydrogen-bond acceptors (Lipinski definition) is 1. The lowest BCUT2D eigenvalue weighted by molar-refractivity contribution is -0.116. The molecule has 20 heavy (non-hydrogen) atoms. The molecule has 0 saturated heterocycles. The van der Waals surface area contributed by atoms with Crippen LogP contribution in [0.15, 0.2) is 12.2 Å². The van der Waals surface area contributed by atoms with E-state index in [0.29, 0.717) is 5.41 Å². The maximum Gasteiger partial charge on any atom is 0.224 e. The van der Waals surface area contributed by atoms with Gasteiger partial charge in [-0.05, 0) is 47.1 Å². The fourth-order valence-electron chi connectivity index (χ4n) is 2.57. The van der Waals surface area contributed by atoms with Gasteiger partial charge in [-0.3, -0.25) is 4.79 Å². The summed E-state index contributed by atoms with van der Waals surface area (Å²) in [7, 11) is 0. The van der Waals surface area contributed by atoms with E-state index in [1.165, 1.54) is 0 Å². The third kappa shape index (κ3) is 5.99. The molecule has 1 nitrogen and oxygen atoms in total. The molecule has 0 aliphatic rings. The maximum absolute atomic E-state index is 11.3. The smallest absolute Gasteiger partial charge is 0.224 e. The summed E-state index contributed by atoms with van der Waals surface area (Å²) in [6.07, 6.45) is 7.61. The molecule has 0 spiro atoms. The predicted molar refractivity (Wildman–Crippen MR) is 90.0 cm³/mol. The number of halogens is 1. The molecule has 2 unspecified atom stereocenters. The fourth-order valence-corrected chi connectivity index (χ4v) is 2.65. The van der Waals surface area contributed by atoms with Crippen LogP contribution in [0.3, 0.4) is 0 Å². The first kappa shape index (κ1) is 19.7. The second kappa shape index (κ2) is 7.11. The van der Waals surface area contributed by atoms with E-state index in [0.717, 1.165) is 19.3 Å². The zero-order valence-corrected chi connectivity index (χ0v) is 15.4. The van der Waals surface area contributed by atoms with E-state index in [1.807, 2.05) is 6.92 Å². The van der Waals surface area contributed by atoms with E-state index < -0.39 is 0 Å². The van der Waals surface area contributed by atoms with Gasteiger partial charge in [0.2, 0.25) is 5.24 Å². The van der Waals surface area contributed by atoms with Crippen molar-refractivity contribution in [2.75, 3.05) is 0 Å². The van der Waals surface area contributed by atoms with Crippen LogP contribution >= 0.6 is 11.6 Å². The summed E-state index contributed by atoms with van der Waals surface area (Å²) < 4.78 is 0. The molecule has 0 aromatic rings. The number of allylic oxidation sites excluding steroid dienone is 2. The molecule has 0 aromatic carbocycles. The summed E-state index contributed by atoms with van der Waals surface area (Å²) in [6, 6.07) is 0. The Bertz CT molecular complexity index is 349. The Hall–Kier alpha value is -0.300. The highest BCUT2D eigenvalue weighted by molar-refractivity contribution is 6.63. The van der Waals surface area contributed by atoms with Crippen molar-refractivity contribution in [2.24, 2.45) is 22.2 Å². The molecule has 0 rings (SSSR count). The SMILES string of the molecule is CCC(C)(/C=C\CC(C)(C)C)C(C)(C)CC(C)C(=O)Cl. The molecule has 0 aliphatic heterocycles. The largest absolute Gasteiger partial charge is 0.281 e. The van der Waals surface area contributed by atoms with Crippen molar-refractivity contribution in [2.45, 2.75) is 74.7 Å². The Kier molecular flexibility index (Phi) is 7.01. The van der Waals surface area contributed by atoms with Crippen LogP contribution in [0.2, 0.25) is 0 Å². The van der Waals surface area contributed by atoms with Crippen molar-refractivity contribution < 1.29 is 4.79 Å². The molecular weight excluding hydrogens is 268 g/mol. The second-order valence-electron chi connectivity index (χ2n) is 8.23. The van der Waals surface area contributed by atoms with Gasteiger partial charge in [0.05, 0.1) is 0 Å². The highest BCUT2D eigenvalue weighted by atomic mass is 35.5. The van der Waals surface area contributed by atoms with Crippen LogP contribution in [0.25, 0.3) is 0 Å². The average Bonchev–Trinajstić information content (AvgIpc) is 2.25. The third-order valence-electron chi connectivity index (χ3n) is 4.70. The van der Waals surface area contributed by atoms with Gasteiger partial charge < -0.3 is 0 Å². The summed E-state index contributed by atoms with van der Waals surface area (Å²) in [5.74, 6) is -0.0893. The van der Waals surface area contributed by atoms with Crippen LogP contribution in [0.4, 0.5) is 0 Å². The van der Waals surface area contributed by atoms with Gasteiger partial charge >= 0.3 is 0 Å². The zero-order chi connectivity index (χ0) is 16.2. The molecule has 0 N–H and O–H groups in total. The second-order valence-corrected chi connectivity index (χ2v) is 8.60. The van der Waals surface area contributed by atoms with Gasteiger partial charge in [0.1, 0.15) is 0 Å². The Labute approximate surface area is 131 Å². The van der Waals surface area contributed by atoms with Gasteiger partial charge in [-0.15, -0.1) is 0 Å². The Morgan fingerprint density at radius 2 is 1.65 bits per heavy atom. The molecule has 0 heterocycles. The number of hydrogen-bond donors (Lipinski definition) is 0. The summed E-state index contributed by atoms with van der Waals surface area (Å²) in [4.78, 5) is 11.3. The summed E-state index contributed by atoms with van der Waals surface area (Å²) >= 11 is 5.63. The molecule has 2 atom stereocenters. The highest BCUT2D eigenvalue weighted by Gasteiger charge is 2.39. The molecule has 0 aliphatic carbocycles. The van der Waals surface area contributed by atoms with Gasteiger partial charge in [0, 0.05) is 5.92 Å². The summed E-state index contributed by atoms with van der Waals surface area (Å²) in [5.41, 5.74) is 0.438. The summed E-state index contributed by atoms with van der Waals surface area (Å²) in [6.45, 7) is 17.7. The van der Waals surface area contributed by atoms with E-state index in [4.69, 9.17) is 11.6 Å². The monoisotopic (exact) mass is 300 g/mol. The molecule has 0 radical (unpaired) electrons. The predicted octanol–water partition coefficient (Wildman–Crippen LogP) is 6.21. The van der Waals surface area contributed by atoms with E-state index in [2.05, 4.69) is 60.6 Å². The van der Waals surface area contributed by atoms with Crippen LogP contribution < -0.4 is 0 Å². The van der Waals surface area contributed by atoms with Crippen molar-refractivity contribution in [3.63, 3.8) is 0 Å². The van der Waals surface area contributed by atoms with E-state index in [9.17, 15) is 4.79 Å². The van der Waals surface area contributed by atoms with Gasteiger partial charge in [-0.1, -0.05) is 67.5 Å². The van der Waals surface area contributed by atoms with Crippen molar-refractivity contribution in [1.82, 2.24) is 0 Å². The van der Waals surface area contributed by atoms with Gasteiger partial charge in [0.25, 0.3) is 0 Å². The van der Waals surface area contributed by atoms with Crippen molar-refractivity contribution in [3.05, 3.63) is 12.2 Å². The molecule has 2 heteroatoms. The Morgan fingerprint density at radius 3 is 2.00 bits per heavy atom. The first-order valence-corrected chi connectivity index (χ1v) is 8.09. The third-order valence-corrected chi connectivity index (χ3v) is 5.07. The highest BCUT2D eigenvalue weighted by Crippen LogP contribution is 2.47. The summed E-state index contributed by atoms with van der Waals surface area (Å²) in [5, 5.41) is -0.227. The maximum atomic E-state index is 11.3. The lowest BCUT2D eigenvalue weighted by atomic mass is 9.61. The molecular formula is C18H33ClO. The minimum absolute atomic E-state index is 0.0418. The molecule has 0 aromatic heterocycles. The van der Waals surface area contributed by atoms with Gasteiger partial charge in [0.15, 0.2) is 0 Å². The number of carbonyl (C=O) groups is 1. The van der Waals surface area contributed by atoms with Crippen LogP contribution in [-0.2, 0) is 4.79 Å².